The number of rotatable bonds is 3. The van der Waals surface area contributed by atoms with Crippen molar-refractivity contribution < 1.29 is 4.74 Å². The SMILES string of the molecule is COc1ccc(Sc2ncc3ccccc3n2)cc1. The molecule has 0 spiro atoms. The van der Waals surface area contributed by atoms with Crippen LogP contribution >= 0.6 is 11.8 Å². The fourth-order valence-corrected chi connectivity index (χ4v) is 2.49. The van der Waals surface area contributed by atoms with E-state index in [2.05, 4.69) is 9.97 Å². The molecule has 1 aromatic heterocycles. The summed E-state index contributed by atoms with van der Waals surface area (Å²) < 4.78 is 5.14. The molecule has 0 N–H and O–H groups in total. The topological polar surface area (TPSA) is 35.0 Å². The summed E-state index contributed by atoms with van der Waals surface area (Å²) >= 11 is 1.54. The highest BCUT2D eigenvalue weighted by molar-refractivity contribution is 7.99. The maximum absolute atomic E-state index is 5.14. The van der Waals surface area contributed by atoms with E-state index in [4.69, 9.17) is 4.74 Å². The lowest BCUT2D eigenvalue weighted by atomic mass is 10.2. The summed E-state index contributed by atoms with van der Waals surface area (Å²) in [4.78, 5) is 9.99. The molecule has 3 rings (SSSR count). The Kier molecular flexibility index (Phi) is 3.33. The minimum absolute atomic E-state index is 0.754. The molecule has 4 heteroatoms. The Bertz CT molecular complexity index is 698. The maximum atomic E-state index is 5.14. The van der Waals surface area contributed by atoms with Gasteiger partial charge in [0.25, 0.3) is 0 Å². The third-order valence-electron chi connectivity index (χ3n) is 2.74. The third-order valence-corrected chi connectivity index (χ3v) is 3.62. The molecule has 0 aliphatic carbocycles. The summed E-state index contributed by atoms with van der Waals surface area (Å²) in [6, 6.07) is 15.8. The molecule has 0 bridgehead atoms. The zero-order valence-corrected chi connectivity index (χ0v) is 11.2. The van der Waals surface area contributed by atoms with Crippen molar-refractivity contribution in [1.82, 2.24) is 9.97 Å². The average Bonchev–Trinajstić information content (AvgIpc) is 2.48. The second-order valence-electron chi connectivity index (χ2n) is 3.99. The highest BCUT2D eigenvalue weighted by atomic mass is 32.2. The zero-order chi connectivity index (χ0) is 13.1. The quantitative estimate of drug-likeness (QED) is 0.677. The lowest BCUT2D eigenvalue weighted by Gasteiger charge is -2.03. The van der Waals surface area contributed by atoms with Crippen LogP contribution in [0, 0.1) is 0 Å². The van der Waals surface area contributed by atoms with Gasteiger partial charge in [-0.25, -0.2) is 9.97 Å². The van der Waals surface area contributed by atoms with Gasteiger partial charge in [0.05, 0.1) is 12.6 Å². The number of para-hydroxylation sites is 1. The van der Waals surface area contributed by atoms with Crippen LogP contribution in [0.15, 0.2) is 64.8 Å². The molecule has 0 aliphatic heterocycles. The summed E-state index contributed by atoms with van der Waals surface area (Å²) in [6.07, 6.45) is 1.86. The van der Waals surface area contributed by atoms with Gasteiger partial charge in [-0.3, -0.25) is 0 Å². The minimum atomic E-state index is 0.754. The Balaban J connectivity index is 1.87. The highest BCUT2D eigenvalue weighted by Gasteiger charge is 2.02. The van der Waals surface area contributed by atoms with E-state index in [1.165, 1.54) is 0 Å². The molecule has 1 heterocycles. The van der Waals surface area contributed by atoms with E-state index in [1.54, 1.807) is 18.9 Å². The second-order valence-corrected chi connectivity index (χ2v) is 5.03. The number of ether oxygens (including phenoxy) is 1. The van der Waals surface area contributed by atoms with Crippen molar-refractivity contribution in [1.29, 1.82) is 0 Å². The van der Waals surface area contributed by atoms with Crippen LogP contribution in [0.1, 0.15) is 0 Å². The molecule has 3 nitrogen and oxygen atoms in total. The monoisotopic (exact) mass is 268 g/mol. The van der Waals surface area contributed by atoms with Gasteiger partial charge in [0.2, 0.25) is 0 Å². The maximum Gasteiger partial charge on any atom is 0.192 e. The van der Waals surface area contributed by atoms with Crippen LogP contribution in [0.3, 0.4) is 0 Å². The van der Waals surface area contributed by atoms with Gasteiger partial charge < -0.3 is 4.74 Å². The number of fused-ring (bicyclic) bond motifs is 1. The molecule has 0 saturated heterocycles. The van der Waals surface area contributed by atoms with E-state index < -0.39 is 0 Å². The van der Waals surface area contributed by atoms with Crippen LogP contribution in [0.2, 0.25) is 0 Å². The fraction of sp³-hybridized carbons (Fsp3) is 0.0667. The summed E-state index contributed by atoms with van der Waals surface area (Å²) in [5.74, 6) is 0.851. The van der Waals surface area contributed by atoms with E-state index >= 15 is 0 Å². The average molecular weight is 268 g/mol. The summed E-state index contributed by atoms with van der Waals surface area (Å²) in [5, 5.41) is 1.81. The van der Waals surface area contributed by atoms with Gasteiger partial charge in [0.1, 0.15) is 5.75 Å². The first-order chi connectivity index (χ1) is 9.35. The van der Waals surface area contributed by atoms with Crippen molar-refractivity contribution in [3.05, 3.63) is 54.7 Å². The van der Waals surface area contributed by atoms with Crippen molar-refractivity contribution in [3.63, 3.8) is 0 Å². The highest BCUT2D eigenvalue weighted by Crippen LogP contribution is 2.27. The van der Waals surface area contributed by atoms with Gasteiger partial charge in [-0.15, -0.1) is 0 Å². The van der Waals surface area contributed by atoms with Gasteiger partial charge in [-0.1, -0.05) is 18.2 Å². The third kappa shape index (κ3) is 2.69. The minimum Gasteiger partial charge on any atom is -0.497 e. The van der Waals surface area contributed by atoms with Gasteiger partial charge in [0, 0.05) is 16.5 Å². The molecule has 0 unspecified atom stereocenters. The van der Waals surface area contributed by atoms with Crippen LogP contribution in [0.25, 0.3) is 10.9 Å². The summed E-state index contributed by atoms with van der Waals surface area (Å²) in [6.45, 7) is 0. The van der Waals surface area contributed by atoms with Crippen LogP contribution < -0.4 is 4.74 Å². The molecule has 0 saturated carbocycles. The Morgan fingerprint density at radius 1 is 1.00 bits per heavy atom. The van der Waals surface area contributed by atoms with Crippen LogP contribution in [0.5, 0.6) is 5.75 Å². The number of benzene rings is 2. The normalized spacial score (nSPS) is 10.6. The Morgan fingerprint density at radius 3 is 2.58 bits per heavy atom. The number of hydrogen-bond acceptors (Lipinski definition) is 4. The molecule has 3 aromatic rings. The molecular weight excluding hydrogens is 256 g/mol. The zero-order valence-electron chi connectivity index (χ0n) is 10.4. The molecule has 0 radical (unpaired) electrons. The first kappa shape index (κ1) is 12.0. The number of aromatic nitrogens is 2. The molecule has 0 atom stereocenters. The van der Waals surface area contributed by atoms with Crippen LogP contribution in [-0.4, -0.2) is 17.1 Å². The molecule has 19 heavy (non-hydrogen) atoms. The molecule has 0 aliphatic rings. The van der Waals surface area contributed by atoms with Crippen molar-refractivity contribution in [2.45, 2.75) is 10.1 Å². The van der Waals surface area contributed by atoms with Gasteiger partial charge >= 0.3 is 0 Å². The Morgan fingerprint density at radius 2 is 1.79 bits per heavy atom. The van der Waals surface area contributed by atoms with Crippen molar-refractivity contribution in [2.24, 2.45) is 0 Å². The van der Waals surface area contributed by atoms with E-state index in [9.17, 15) is 0 Å². The molecule has 94 valence electrons. The smallest absolute Gasteiger partial charge is 0.192 e. The van der Waals surface area contributed by atoms with E-state index in [0.717, 1.165) is 26.7 Å². The molecular formula is C15H12N2OS. The summed E-state index contributed by atoms with van der Waals surface area (Å²) in [5.41, 5.74) is 0.966. The largest absolute Gasteiger partial charge is 0.497 e. The van der Waals surface area contributed by atoms with Gasteiger partial charge in [-0.05, 0) is 42.1 Å². The van der Waals surface area contributed by atoms with Gasteiger partial charge in [-0.2, -0.15) is 0 Å². The number of hydrogen-bond donors (Lipinski definition) is 0. The van der Waals surface area contributed by atoms with Crippen LogP contribution in [0.4, 0.5) is 0 Å². The van der Waals surface area contributed by atoms with Crippen molar-refractivity contribution in [2.75, 3.05) is 7.11 Å². The predicted molar refractivity (Wildman–Crippen MR) is 76.7 cm³/mol. The predicted octanol–water partition coefficient (Wildman–Crippen LogP) is 3.79. The Hall–Kier alpha value is -2.07. The van der Waals surface area contributed by atoms with Crippen molar-refractivity contribution in [3.8, 4) is 5.75 Å². The van der Waals surface area contributed by atoms with Gasteiger partial charge in [0.15, 0.2) is 5.16 Å². The fourth-order valence-electron chi connectivity index (χ4n) is 1.75. The molecule has 2 aromatic carbocycles. The molecule has 0 amide bonds. The van der Waals surface area contributed by atoms with Crippen LogP contribution in [-0.2, 0) is 0 Å². The first-order valence-corrected chi connectivity index (χ1v) is 6.70. The first-order valence-electron chi connectivity index (χ1n) is 5.89. The lowest BCUT2D eigenvalue weighted by molar-refractivity contribution is 0.414. The molecule has 0 fully saturated rings. The Labute approximate surface area is 115 Å². The number of nitrogens with zero attached hydrogens (tertiary/aromatic N) is 2. The van der Waals surface area contributed by atoms with E-state index in [1.807, 2.05) is 54.7 Å². The second kappa shape index (κ2) is 5.28. The van der Waals surface area contributed by atoms with E-state index in [-0.39, 0.29) is 0 Å². The lowest BCUT2D eigenvalue weighted by Crippen LogP contribution is -1.87. The number of methoxy groups -OCH3 is 1. The summed E-state index contributed by atoms with van der Waals surface area (Å²) in [7, 11) is 1.66. The van der Waals surface area contributed by atoms with Crippen molar-refractivity contribution >= 4 is 22.7 Å². The standard InChI is InChI=1S/C15H12N2OS/c1-18-12-6-8-13(9-7-12)19-15-16-10-11-4-2-3-5-14(11)17-15/h2-10H,1H3. The van der Waals surface area contributed by atoms with E-state index in [0.29, 0.717) is 0 Å².